The van der Waals surface area contributed by atoms with Gasteiger partial charge in [-0.3, -0.25) is 0 Å². The molecule has 0 saturated heterocycles. The second kappa shape index (κ2) is 4.49. The Labute approximate surface area is 65.6 Å². The summed E-state index contributed by atoms with van der Waals surface area (Å²) in [5.74, 6) is 0. The van der Waals surface area contributed by atoms with Crippen molar-refractivity contribution in [2.45, 2.75) is 0 Å². The number of halogens is 4. The molecule has 0 radical (unpaired) electrons. The smallest absolute Gasteiger partial charge is 0.369 e. The van der Waals surface area contributed by atoms with Crippen LogP contribution in [0.1, 0.15) is 0 Å². The second-order valence-electron chi connectivity index (χ2n) is 0.258. The maximum absolute atomic E-state index is 3.30. The molecule has 0 aromatic rings. The first kappa shape index (κ1) is 11.4. The summed E-state index contributed by atoms with van der Waals surface area (Å²) in [5, 5.41) is 0. The van der Waals surface area contributed by atoms with Gasteiger partial charge in [0.2, 0.25) is 0 Å². The van der Waals surface area contributed by atoms with Crippen LogP contribution in [0.5, 0.6) is 0 Å². The van der Waals surface area contributed by atoms with Crippen molar-refractivity contribution in [2.75, 3.05) is 0 Å². The maximum Gasteiger partial charge on any atom is -0.369 e. The molecule has 0 rings (SSSR count). The van der Waals surface area contributed by atoms with Gasteiger partial charge in [-0.2, -0.15) is 0 Å². The third-order valence-corrected chi connectivity index (χ3v) is 0. The molecule has 0 spiro atoms. The van der Waals surface area contributed by atoms with E-state index in [0.717, 1.165) is 0 Å². The Morgan fingerprint density at radius 3 is 0.833 bits per heavy atom. The van der Waals surface area contributed by atoms with Crippen molar-refractivity contribution in [1.82, 2.24) is 6.15 Å². The Hall–Kier alpha value is 2.62. The molecule has 0 aromatic heterocycles. The molecule has 0 atom stereocenters. The van der Waals surface area contributed by atoms with Crippen LogP contribution in [0, 0.1) is 0 Å². The summed E-state index contributed by atoms with van der Waals surface area (Å²) in [6.45, 7) is 0. The topological polar surface area (TPSA) is 36.5 Å². The zero-order valence-electron chi connectivity index (χ0n) is 2.81. The summed E-state index contributed by atoms with van der Waals surface area (Å²) in [7, 11) is -1.64. The largest absolute Gasteiger partial charge is 0.369 e. The molecule has 6 heteroatoms. The van der Waals surface area contributed by atoms with E-state index >= 15 is 0 Å². The van der Waals surface area contributed by atoms with Gasteiger partial charge in [0.1, 0.15) is 0 Å². The first-order valence-corrected chi connectivity index (χ1v) is 19.4. The van der Waals surface area contributed by atoms with Gasteiger partial charge in [-0.25, -0.2) is 0 Å². The molecule has 4 N–H and O–H groups in total. The molecule has 1 nitrogen and oxygen atoms in total. The van der Waals surface area contributed by atoms with E-state index in [2.05, 4.69) is 52.1 Å². The average molecular weight is 535 g/mol. The van der Waals surface area contributed by atoms with Crippen LogP contribution in [0.2, 0.25) is 0 Å². The van der Waals surface area contributed by atoms with Crippen molar-refractivity contribution in [3.05, 3.63) is 0 Å². The average Bonchev–Trinajstić information content (AvgIpc) is 0.722. The molecule has 0 fully saturated rings. The van der Waals surface area contributed by atoms with Gasteiger partial charge >= 0.3 is 60.7 Å². The molecule has 0 heterocycles. The Kier molecular flexibility index (Phi) is 8.56. The molecule has 6 heavy (non-hydrogen) atoms. The van der Waals surface area contributed by atoms with E-state index in [1.807, 2.05) is 0 Å². The Morgan fingerprint density at radius 1 is 0.833 bits per heavy atom. The van der Waals surface area contributed by atoms with Gasteiger partial charge in [0.25, 0.3) is 0 Å². The Bertz CT molecular complexity index is 23.0. The maximum atomic E-state index is 3.30. The zero-order chi connectivity index (χ0) is 4.50. The van der Waals surface area contributed by atoms with E-state index < -0.39 is 8.59 Å². The predicted molar refractivity (Wildman–Crippen MR) is 41.7 cm³/mol. The van der Waals surface area contributed by atoms with Gasteiger partial charge in [0.15, 0.2) is 0 Å². The van der Waals surface area contributed by atoms with Crippen molar-refractivity contribution in [3.8, 4) is 0 Å². The van der Waals surface area contributed by atoms with Gasteiger partial charge in [-0.1, -0.05) is 0 Å². The van der Waals surface area contributed by atoms with E-state index in [9.17, 15) is 0 Å². The van der Waals surface area contributed by atoms with Crippen LogP contribution in [-0.4, -0.2) is 0 Å². The number of rotatable bonds is 0. The minimum Gasteiger partial charge on any atom is -0.369 e. The molecule has 0 aliphatic heterocycles. The number of hydrogen-bond donors (Lipinski definition) is 1. The number of hydrogen-bond acceptors (Lipinski definition) is 0. The van der Waals surface area contributed by atoms with Crippen LogP contribution < -0.4 is 6.15 Å². The zero-order valence-corrected chi connectivity index (χ0v) is 11.3. The van der Waals surface area contributed by atoms with E-state index in [1.54, 1.807) is 0 Å². The summed E-state index contributed by atoms with van der Waals surface area (Å²) < 4.78 is 0. The van der Waals surface area contributed by atoms with E-state index in [1.165, 1.54) is 0 Å². The fourth-order valence-corrected chi connectivity index (χ4v) is 0. The van der Waals surface area contributed by atoms with Crippen molar-refractivity contribution in [2.24, 2.45) is 0 Å². The van der Waals surface area contributed by atoms with E-state index in [4.69, 9.17) is 0 Å². The second-order valence-corrected chi connectivity index (χ2v) is 57.1. The summed E-state index contributed by atoms with van der Waals surface area (Å²) in [6, 6.07) is 0. The Morgan fingerprint density at radius 2 is 0.833 bits per heavy atom. The Balaban J connectivity index is 0. The molecule has 0 unspecified atom stereocenters. The molecular weight excluding hydrogens is 531 g/mol. The predicted octanol–water partition coefficient (Wildman–Crippen LogP) is 3.76. The number of quaternary nitrogens is 1. The monoisotopic (exact) mass is 531 g/mol. The third-order valence-electron chi connectivity index (χ3n) is 0. The normalized spacial score (nSPS) is 12.7. The van der Waals surface area contributed by atoms with E-state index in [0.29, 0.717) is 0 Å². The fraction of sp³-hybridized carbons (Fsp3) is 0. The quantitative estimate of drug-likeness (QED) is 0.460. The van der Waals surface area contributed by atoms with Crippen LogP contribution in [-0.2, 0) is 8.59 Å². The molecular formula is H4AuBr4N. The first-order valence-electron chi connectivity index (χ1n) is 0.456. The molecule has 0 aromatic carbocycles. The van der Waals surface area contributed by atoms with Gasteiger partial charge in [0.05, 0.1) is 0 Å². The van der Waals surface area contributed by atoms with Crippen molar-refractivity contribution in [1.29, 1.82) is 0 Å². The summed E-state index contributed by atoms with van der Waals surface area (Å²) in [5.41, 5.74) is 0. The fourth-order valence-electron chi connectivity index (χ4n) is 0. The van der Waals surface area contributed by atoms with Crippen LogP contribution >= 0.6 is 52.1 Å². The molecule has 0 saturated carbocycles. The van der Waals surface area contributed by atoms with Crippen LogP contribution in [0.15, 0.2) is 0 Å². The van der Waals surface area contributed by atoms with Crippen molar-refractivity contribution < 1.29 is 8.59 Å². The molecule has 0 aliphatic carbocycles. The summed E-state index contributed by atoms with van der Waals surface area (Å²) in [6.07, 6.45) is 0. The molecule has 48 valence electrons. The standard InChI is InChI=1S/Au.4BrH.H3N/h;4*1H;1H3/q+3;;;;;/p-3. The van der Waals surface area contributed by atoms with Crippen molar-refractivity contribution >= 4 is 52.1 Å². The van der Waals surface area contributed by atoms with Crippen molar-refractivity contribution in [3.63, 3.8) is 0 Å². The van der Waals surface area contributed by atoms with Gasteiger partial charge in [-0.15, -0.1) is 0 Å². The van der Waals surface area contributed by atoms with E-state index in [-0.39, 0.29) is 6.15 Å². The van der Waals surface area contributed by atoms with Crippen LogP contribution in [0.3, 0.4) is 0 Å². The van der Waals surface area contributed by atoms with Gasteiger partial charge in [-0.05, 0) is 0 Å². The first-order chi connectivity index (χ1) is 2.00. The van der Waals surface area contributed by atoms with Gasteiger partial charge in [0, 0.05) is 0 Å². The molecule has 0 aliphatic rings. The van der Waals surface area contributed by atoms with Crippen LogP contribution in [0.4, 0.5) is 0 Å². The third kappa shape index (κ3) is 30.5. The summed E-state index contributed by atoms with van der Waals surface area (Å²) in [4.78, 5) is 0. The van der Waals surface area contributed by atoms with Gasteiger partial charge < -0.3 is 6.15 Å². The molecule has 0 bridgehead atoms. The SMILES string of the molecule is [Br][Au-]([Br])([Br])[Br].[NH4+]. The minimum atomic E-state index is -1.64. The van der Waals surface area contributed by atoms with Crippen LogP contribution in [0.25, 0.3) is 0 Å². The molecule has 0 amide bonds. The summed E-state index contributed by atoms with van der Waals surface area (Å²) >= 11 is 13.2. The minimum absolute atomic E-state index is 0.